The van der Waals surface area contributed by atoms with Gasteiger partial charge in [0.25, 0.3) is 0 Å². The number of hydrogen-bond donors (Lipinski definition) is 4. The van der Waals surface area contributed by atoms with Crippen molar-refractivity contribution in [2.45, 2.75) is 0 Å². The number of benzene rings is 1. The number of aromatic nitrogens is 2. The van der Waals surface area contributed by atoms with Gasteiger partial charge in [-0.1, -0.05) is 15.9 Å². The van der Waals surface area contributed by atoms with Gasteiger partial charge in [0.1, 0.15) is 17.4 Å². The average molecular weight is 323 g/mol. The van der Waals surface area contributed by atoms with E-state index in [4.69, 9.17) is 11.5 Å². The zero-order valence-corrected chi connectivity index (χ0v) is 11.3. The molecule has 0 atom stereocenters. The summed E-state index contributed by atoms with van der Waals surface area (Å²) in [6.45, 7) is 0. The molecule has 0 fully saturated rings. The molecule has 0 spiro atoms. The second kappa shape index (κ2) is 5.53. The van der Waals surface area contributed by atoms with Crippen LogP contribution in [0.2, 0.25) is 0 Å². The van der Waals surface area contributed by atoms with Crippen molar-refractivity contribution in [2.75, 3.05) is 16.9 Å². The van der Waals surface area contributed by atoms with E-state index in [9.17, 15) is 5.11 Å². The Morgan fingerprint density at radius 3 is 2.58 bits per heavy atom. The smallest absolute Gasteiger partial charge is 0.247 e. The maximum atomic E-state index is 9.61. The van der Waals surface area contributed by atoms with Gasteiger partial charge in [-0.2, -0.15) is 15.1 Å². The lowest BCUT2D eigenvalue weighted by atomic mass is 10.2. The van der Waals surface area contributed by atoms with Crippen LogP contribution in [0.15, 0.2) is 33.8 Å². The predicted molar refractivity (Wildman–Crippen MR) is 77.9 cm³/mol. The molecule has 0 aliphatic carbocycles. The average Bonchev–Trinajstić information content (AvgIpc) is 2.32. The number of phenols is 1. The Morgan fingerprint density at radius 2 is 1.89 bits per heavy atom. The molecule has 0 aliphatic heterocycles. The molecule has 0 radical (unpaired) electrons. The van der Waals surface area contributed by atoms with E-state index in [2.05, 4.69) is 36.4 Å². The number of nitrogens with one attached hydrogen (secondary N) is 1. The van der Waals surface area contributed by atoms with Crippen LogP contribution in [0.1, 0.15) is 5.56 Å². The van der Waals surface area contributed by atoms with Crippen molar-refractivity contribution in [1.29, 1.82) is 0 Å². The Balaban J connectivity index is 2.13. The fraction of sp³-hybridized carbons (Fsp3) is 0. The van der Waals surface area contributed by atoms with Crippen LogP contribution < -0.4 is 16.9 Å². The van der Waals surface area contributed by atoms with E-state index >= 15 is 0 Å². The van der Waals surface area contributed by atoms with Crippen molar-refractivity contribution in [2.24, 2.45) is 5.10 Å². The van der Waals surface area contributed by atoms with Gasteiger partial charge in [0.15, 0.2) is 0 Å². The number of anilines is 3. The molecule has 1 aromatic heterocycles. The summed E-state index contributed by atoms with van der Waals surface area (Å²) < 4.78 is 0.830. The van der Waals surface area contributed by atoms with Crippen LogP contribution in [0.25, 0.3) is 0 Å². The lowest BCUT2D eigenvalue weighted by molar-refractivity contribution is 0.474. The third kappa shape index (κ3) is 3.55. The summed E-state index contributed by atoms with van der Waals surface area (Å²) in [6.07, 6.45) is 1.43. The van der Waals surface area contributed by atoms with Crippen molar-refractivity contribution in [3.63, 3.8) is 0 Å². The fourth-order valence-electron chi connectivity index (χ4n) is 1.32. The zero-order valence-electron chi connectivity index (χ0n) is 9.71. The van der Waals surface area contributed by atoms with Crippen molar-refractivity contribution in [3.8, 4) is 5.75 Å². The molecule has 2 rings (SSSR count). The third-order valence-electron chi connectivity index (χ3n) is 2.12. The quantitative estimate of drug-likeness (QED) is 0.502. The van der Waals surface area contributed by atoms with Gasteiger partial charge in [0.2, 0.25) is 5.95 Å². The predicted octanol–water partition coefficient (Wildman–Crippen LogP) is 1.56. The fourth-order valence-corrected chi connectivity index (χ4v) is 1.70. The molecule has 0 bridgehead atoms. The van der Waals surface area contributed by atoms with Crippen molar-refractivity contribution in [1.82, 2.24) is 9.97 Å². The number of hydrazone groups is 1. The molecule has 7 nitrogen and oxygen atoms in total. The largest absolute Gasteiger partial charge is 0.507 e. The standard InChI is InChI=1S/C11H11BrN6O/c12-7-1-2-8(19)6(3-7)5-15-18-11-16-9(13)4-10(14)17-11/h1-5,19H,(H5,13,14,16,17,18)/b15-5+. The number of aromatic hydroxyl groups is 1. The van der Waals surface area contributed by atoms with E-state index in [-0.39, 0.29) is 23.3 Å². The monoisotopic (exact) mass is 322 g/mol. The lowest BCUT2D eigenvalue weighted by Crippen LogP contribution is -2.03. The molecule has 98 valence electrons. The van der Waals surface area contributed by atoms with E-state index < -0.39 is 0 Å². The highest BCUT2D eigenvalue weighted by molar-refractivity contribution is 9.10. The van der Waals surface area contributed by atoms with Gasteiger partial charge in [-0.05, 0) is 18.2 Å². The molecular weight excluding hydrogens is 312 g/mol. The molecule has 0 amide bonds. The van der Waals surface area contributed by atoms with Crippen LogP contribution in [0.3, 0.4) is 0 Å². The Hall–Kier alpha value is -2.35. The number of phenolic OH excluding ortho intramolecular Hbond substituents is 1. The van der Waals surface area contributed by atoms with E-state index in [1.54, 1.807) is 18.2 Å². The van der Waals surface area contributed by atoms with Gasteiger partial charge in [-0.3, -0.25) is 0 Å². The first kappa shape index (κ1) is 13.1. The number of halogens is 1. The highest BCUT2D eigenvalue weighted by Crippen LogP contribution is 2.20. The molecule has 0 saturated heterocycles. The van der Waals surface area contributed by atoms with Gasteiger partial charge in [-0.25, -0.2) is 5.43 Å². The number of hydrogen-bond acceptors (Lipinski definition) is 7. The Labute approximate surface area is 117 Å². The zero-order chi connectivity index (χ0) is 13.8. The van der Waals surface area contributed by atoms with E-state index in [0.29, 0.717) is 5.56 Å². The minimum Gasteiger partial charge on any atom is -0.507 e. The van der Waals surface area contributed by atoms with Crippen LogP contribution in [0.4, 0.5) is 17.6 Å². The summed E-state index contributed by atoms with van der Waals surface area (Å²) in [4.78, 5) is 7.79. The highest BCUT2D eigenvalue weighted by Gasteiger charge is 2.00. The van der Waals surface area contributed by atoms with Gasteiger partial charge < -0.3 is 16.6 Å². The van der Waals surface area contributed by atoms with Gasteiger partial charge in [-0.15, -0.1) is 0 Å². The van der Waals surface area contributed by atoms with Gasteiger partial charge in [0.05, 0.1) is 6.21 Å². The van der Waals surface area contributed by atoms with Gasteiger partial charge >= 0.3 is 0 Å². The van der Waals surface area contributed by atoms with Crippen molar-refractivity contribution < 1.29 is 5.11 Å². The summed E-state index contributed by atoms with van der Waals surface area (Å²) in [7, 11) is 0. The molecular formula is C11H11BrN6O. The van der Waals surface area contributed by atoms with Crippen LogP contribution >= 0.6 is 15.9 Å². The molecule has 8 heteroatoms. The van der Waals surface area contributed by atoms with E-state index in [1.807, 2.05) is 0 Å². The Bertz CT molecular complexity index is 610. The molecule has 2 aromatic rings. The minimum absolute atomic E-state index is 0.113. The van der Waals surface area contributed by atoms with Crippen LogP contribution in [-0.4, -0.2) is 21.3 Å². The summed E-state index contributed by atoms with van der Waals surface area (Å²) >= 11 is 3.30. The van der Waals surface area contributed by atoms with E-state index in [0.717, 1.165) is 4.47 Å². The molecule has 19 heavy (non-hydrogen) atoms. The second-order valence-electron chi connectivity index (χ2n) is 3.61. The minimum atomic E-state index is 0.113. The van der Waals surface area contributed by atoms with Crippen molar-refractivity contribution >= 4 is 39.7 Å². The molecule has 6 N–H and O–H groups in total. The first-order valence-electron chi connectivity index (χ1n) is 5.22. The number of nitrogen functional groups attached to an aromatic ring is 2. The summed E-state index contributed by atoms with van der Waals surface area (Å²) in [5, 5.41) is 13.5. The second-order valence-corrected chi connectivity index (χ2v) is 4.53. The molecule has 1 heterocycles. The molecule has 1 aromatic carbocycles. The first-order valence-corrected chi connectivity index (χ1v) is 6.01. The van der Waals surface area contributed by atoms with Gasteiger partial charge in [0, 0.05) is 16.1 Å². The topological polar surface area (TPSA) is 122 Å². The normalized spacial score (nSPS) is 10.8. The number of rotatable bonds is 3. The molecule has 0 unspecified atom stereocenters. The third-order valence-corrected chi connectivity index (χ3v) is 2.62. The van der Waals surface area contributed by atoms with Crippen LogP contribution in [-0.2, 0) is 0 Å². The highest BCUT2D eigenvalue weighted by atomic mass is 79.9. The molecule has 0 saturated carbocycles. The maximum Gasteiger partial charge on any atom is 0.247 e. The first-order chi connectivity index (χ1) is 9.04. The number of nitrogens with zero attached hydrogens (tertiary/aromatic N) is 3. The van der Waals surface area contributed by atoms with Crippen LogP contribution in [0.5, 0.6) is 5.75 Å². The summed E-state index contributed by atoms with van der Waals surface area (Å²) in [6, 6.07) is 6.44. The summed E-state index contributed by atoms with van der Waals surface area (Å²) in [5.74, 6) is 0.788. The summed E-state index contributed by atoms with van der Waals surface area (Å²) in [5.41, 5.74) is 14.2. The lowest BCUT2D eigenvalue weighted by Gasteiger charge is -2.02. The molecule has 0 aliphatic rings. The van der Waals surface area contributed by atoms with E-state index in [1.165, 1.54) is 12.3 Å². The maximum absolute atomic E-state index is 9.61. The SMILES string of the molecule is Nc1cc(N)nc(N/N=C/c2cc(Br)ccc2O)n1. The Kier molecular flexibility index (Phi) is 3.81. The Morgan fingerprint density at radius 1 is 1.21 bits per heavy atom. The van der Waals surface area contributed by atoms with Crippen molar-refractivity contribution in [3.05, 3.63) is 34.3 Å². The number of nitrogens with two attached hydrogens (primary N) is 2. The van der Waals surface area contributed by atoms with Crippen LogP contribution in [0, 0.1) is 0 Å².